The molecule has 70 valence electrons. The molecule has 13 heavy (non-hydrogen) atoms. The number of benzene rings is 1. The average molecular weight is 230 g/mol. The quantitative estimate of drug-likeness (QED) is 0.303. The van der Waals surface area contributed by atoms with Gasteiger partial charge in [-0.1, -0.05) is 35.9 Å². The van der Waals surface area contributed by atoms with Gasteiger partial charge in [0, 0.05) is 0 Å². The Kier molecular flexibility index (Phi) is 9.61. The Balaban J connectivity index is 0. The number of rotatable bonds is 0. The molecule has 1 aromatic rings. The third kappa shape index (κ3) is 19.1. The Morgan fingerprint density at radius 2 is 1.54 bits per heavy atom. The first-order chi connectivity index (χ1) is 5.39. The number of thiol groups is 1. The van der Waals surface area contributed by atoms with Gasteiger partial charge in [-0.2, -0.15) is 8.42 Å². The van der Waals surface area contributed by atoms with Crippen molar-refractivity contribution in [3.63, 3.8) is 0 Å². The predicted molar refractivity (Wildman–Crippen MR) is 58.9 cm³/mol. The van der Waals surface area contributed by atoms with Crippen LogP contribution < -0.4 is 0 Å². The van der Waals surface area contributed by atoms with Gasteiger partial charge in [0.05, 0.1) is 0 Å². The van der Waals surface area contributed by atoms with E-state index < -0.39 is 9.15 Å². The van der Waals surface area contributed by atoms with Crippen LogP contribution in [0.1, 0.15) is 5.56 Å². The zero-order chi connectivity index (χ0) is 9.61. The van der Waals surface area contributed by atoms with Crippen LogP contribution >= 0.6 is 11.7 Å². The van der Waals surface area contributed by atoms with Crippen molar-refractivity contribution < 1.29 is 13.0 Å². The van der Waals surface area contributed by atoms with Crippen molar-refractivity contribution in [3.8, 4) is 0 Å². The van der Waals surface area contributed by atoms with Crippen LogP contribution in [-0.4, -0.2) is 42.5 Å². The maximum atomic E-state index is 9.05. The summed E-state index contributed by atoms with van der Waals surface area (Å²) in [7, 11) is -3.97. The zero-order valence-electron chi connectivity index (χ0n) is 6.51. The molecule has 0 spiro atoms. The number of hydrogen-bond donors (Lipinski definition) is 2. The molecule has 0 saturated carbocycles. The predicted octanol–water partition coefficient (Wildman–Crippen LogP) is 1.07. The van der Waals surface area contributed by atoms with Gasteiger partial charge in [0.15, 0.2) is 0 Å². The van der Waals surface area contributed by atoms with Crippen molar-refractivity contribution in [2.24, 2.45) is 0 Å². The fourth-order valence-corrected chi connectivity index (χ4v) is 0.534. The third-order valence-corrected chi connectivity index (χ3v) is 0.940. The summed E-state index contributed by atoms with van der Waals surface area (Å²) in [5.41, 5.74) is 1.32. The van der Waals surface area contributed by atoms with Crippen LogP contribution in [0.5, 0.6) is 0 Å². The molecule has 1 rings (SSSR count). The summed E-state index contributed by atoms with van der Waals surface area (Å²) in [6.07, 6.45) is 0. The molecule has 0 aliphatic carbocycles. The standard InChI is InChI=1S/C7H8.Na.H2O3S2.H/c1-7-5-3-2-4-6-7;;1-5(2,3)4;/h2-6H,1H3;;(H2,1,2,3,4);. The Morgan fingerprint density at radius 3 is 1.69 bits per heavy atom. The average Bonchev–Trinajstić information content (AvgIpc) is 1.85. The van der Waals surface area contributed by atoms with Crippen molar-refractivity contribution in [1.29, 1.82) is 0 Å². The van der Waals surface area contributed by atoms with E-state index in [1.165, 1.54) is 5.56 Å². The fraction of sp³-hybridized carbons (Fsp3) is 0.143. The first-order valence-corrected chi connectivity index (χ1v) is 5.60. The summed E-state index contributed by atoms with van der Waals surface area (Å²) in [5.74, 6) is 0. The summed E-state index contributed by atoms with van der Waals surface area (Å²) >= 11 is 2.65. The second-order valence-electron chi connectivity index (χ2n) is 2.10. The molecule has 0 amide bonds. The summed E-state index contributed by atoms with van der Waals surface area (Å²) in [5, 5.41) is 0. The monoisotopic (exact) mass is 230 g/mol. The van der Waals surface area contributed by atoms with Crippen molar-refractivity contribution in [3.05, 3.63) is 35.9 Å². The minimum absolute atomic E-state index is 0. The fourth-order valence-electron chi connectivity index (χ4n) is 0.534. The first-order valence-electron chi connectivity index (χ1n) is 3.11. The van der Waals surface area contributed by atoms with E-state index in [-0.39, 0.29) is 29.6 Å². The van der Waals surface area contributed by atoms with E-state index >= 15 is 0 Å². The van der Waals surface area contributed by atoms with Crippen LogP contribution in [0.25, 0.3) is 0 Å². The van der Waals surface area contributed by atoms with Gasteiger partial charge in [-0.25, -0.2) is 0 Å². The van der Waals surface area contributed by atoms with E-state index in [0.717, 1.165) is 0 Å². The molecular formula is C7H11NaO3S2. The van der Waals surface area contributed by atoms with Gasteiger partial charge in [-0.3, -0.25) is 4.55 Å². The molecule has 0 heterocycles. The second kappa shape index (κ2) is 7.84. The van der Waals surface area contributed by atoms with Gasteiger partial charge in [-0.05, 0) is 18.6 Å². The van der Waals surface area contributed by atoms with Crippen LogP contribution in [0.15, 0.2) is 30.3 Å². The van der Waals surface area contributed by atoms with E-state index in [0.29, 0.717) is 0 Å². The maximum absolute atomic E-state index is 9.05. The molecule has 6 heteroatoms. The van der Waals surface area contributed by atoms with E-state index in [1.54, 1.807) is 0 Å². The van der Waals surface area contributed by atoms with Crippen LogP contribution in [0.4, 0.5) is 0 Å². The van der Waals surface area contributed by atoms with Crippen molar-refractivity contribution in [2.75, 3.05) is 0 Å². The molecule has 0 unspecified atom stereocenters. The summed E-state index contributed by atoms with van der Waals surface area (Å²) < 4.78 is 25.5. The molecule has 0 atom stereocenters. The third-order valence-electron chi connectivity index (χ3n) is 0.940. The van der Waals surface area contributed by atoms with Crippen molar-refractivity contribution >= 4 is 50.4 Å². The van der Waals surface area contributed by atoms with Crippen molar-refractivity contribution in [2.45, 2.75) is 6.92 Å². The van der Waals surface area contributed by atoms with Crippen LogP contribution in [-0.2, 0) is 9.15 Å². The Hall–Kier alpha value is 0.480. The van der Waals surface area contributed by atoms with Crippen LogP contribution in [0, 0.1) is 6.92 Å². The van der Waals surface area contributed by atoms with E-state index in [9.17, 15) is 0 Å². The van der Waals surface area contributed by atoms with Crippen molar-refractivity contribution in [1.82, 2.24) is 0 Å². The molecule has 0 aliphatic heterocycles. The SMILES string of the molecule is Cc1ccccc1.O=S(=O)(O)S.[NaH]. The molecular weight excluding hydrogens is 219 g/mol. The Bertz CT molecular complexity index is 302. The van der Waals surface area contributed by atoms with Gasteiger partial charge in [0.25, 0.3) is 0 Å². The summed E-state index contributed by atoms with van der Waals surface area (Å²) in [6, 6.07) is 10.3. The van der Waals surface area contributed by atoms with Gasteiger partial charge in [0.2, 0.25) is 0 Å². The summed E-state index contributed by atoms with van der Waals surface area (Å²) in [4.78, 5) is 0. The molecule has 0 fully saturated rings. The second-order valence-corrected chi connectivity index (χ2v) is 4.38. The van der Waals surface area contributed by atoms with Crippen LogP contribution in [0.3, 0.4) is 0 Å². The van der Waals surface area contributed by atoms with E-state index in [1.807, 2.05) is 18.2 Å². The summed E-state index contributed by atoms with van der Waals surface area (Å²) in [6.45, 7) is 2.08. The van der Waals surface area contributed by atoms with Gasteiger partial charge in [0.1, 0.15) is 0 Å². The Labute approximate surface area is 105 Å². The molecule has 0 bridgehead atoms. The van der Waals surface area contributed by atoms with Crippen LogP contribution in [0.2, 0.25) is 0 Å². The molecule has 0 radical (unpaired) electrons. The zero-order valence-corrected chi connectivity index (χ0v) is 8.22. The van der Waals surface area contributed by atoms with E-state index in [4.69, 9.17) is 13.0 Å². The molecule has 3 nitrogen and oxygen atoms in total. The Morgan fingerprint density at radius 1 is 1.23 bits per heavy atom. The molecule has 1 N–H and O–H groups in total. The van der Waals surface area contributed by atoms with Gasteiger partial charge < -0.3 is 0 Å². The minimum atomic E-state index is -3.97. The van der Waals surface area contributed by atoms with E-state index in [2.05, 4.69) is 30.7 Å². The topological polar surface area (TPSA) is 54.4 Å². The molecule has 0 aromatic heterocycles. The molecule has 0 aliphatic rings. The van der Waals surface area contributed by atoms with Gasteiger partial charge in [-0.15, -0.1) is 0 Å². The number of aryl methyl sites for hydroxylation is 1. The normalized spacial score (nSPS) is 9.15. The van der Waals surface area contributed by atoms with Gasteiger partial charge >= 0.3 is 38.7 Å². The molecule has 1 aromatic carbocycles. The first kappa shape index (κ1) is 15.9. The molecule has 0 saturated heterocycles. The number of hydrogen-bond acceptors (Lipinski definition) is 2.